The lowest BCUT2D eigenvalue weighted by molar-refractivity contribution is 0.00749. The first-order valence-electron chi connectivity index (χ1n) is 7.60. The number of carbonyl (C=O) groups excluding carboxylic acids is 1. The third-order valence-corrected chi connectivity index (χ3v) is 3.50. The second kappa shape index (κ2) is 7.51. The molecule has 0 spiro atoms. The number of amides is 1. The van der Waals surface area contributed by atoms with Crippen LogP contribution in [0.5, 0.6) is 0 Å². The molecule has 0 aliphatic carbocycles. The zero-order valence-corrected chi connectivity index (χ0v) is 16.3. The van der Waals surface area contributed by atoms with Crippen LogP contribution in [-0.2, 0) is 4.74 Å². The molecule has 1 aromatic carbocycles. The van der Waals surface area contributed by atoms with Gasteiger partial charge in [0.2, 0.25) is 0 Å². The first kappa shape index (κ1) is 19.7. The highest BCUT2D eigenvalue weighted by atomic mass is 79.9. The second-order valence-electron chi connectivity index (χ2n) is 7.35. The van der Waals surface area contributed by atoms with Gasteiger partial charge in [-0.25, -0.2) is 9.18 Å². The van der Waals surface area contributed by atoms with Gasteiger partial charge in [0.15, 0.2) is 0 Å². The van der Waals surface area contributed by atoms with Gasteiger partial charge in [-0.05, 0) is 59.7 Å². The van der Waals surface area contributed by atoms with Crippen molar-refractivity contribution in [2.75, 3.05) is 18.4 Å². The summed E-state index contributed by atoms with van der Waals surface area (Å²) in [5.74, 6) is -0.326. The molecular formula is C17H26BrFN2O2. The van der Waals surface area contributed by atoms with E-state index in [4.69, 9.17) is 4.74 Å². The zero-order valence-electron chi connectivity index (χ0n) is 14.7. The number of carbonyl (C=O) groups is 1. The highest BCUT2D eigenvalue weighted by Crippen LogP contribution is 2.21. The minimum Gasteiger partial charge on any atom is -0.444 e. The predicted octanol–water partition coefficient (Wildman–Crippen LogP) is 5.04. The molecule has 0 saturated carbocycles. The van der Waals surface area contributed by atoms with Crippen LogP contribution in [0.2, 0.25) is 0 Å². The molecule has 0 aliphatic rings. The summed E-state index contributed by atoms with van der Waals surface area (Å²) in [6.07, 6.45) is -0.374. The molecule has 1 aromatic rings. The summed E-state index contributed by atoms with van der Waals surface area (Å²) in [4.78, 5) is 14.0. The van der Waals surface area contributed by atoms with Gasteiger partial charge in [-0.1, -0.05) is 15.9 Å². The minimum atomic E-state index is -0.551. The third-order valence-electron chi connectivity index (χ3n) is 3.00. The number of benzene rings is 1. The molecule has 1 N–H and O–H groups in total. The Kier molecular flexibility index (Phi) is 6.45. The first-order valence-corrected chi connectivity index (χ1v) is 8.39. The smallest absolute Gasteiger partial charge is 0.410 e. The van der Waals surface area contributed by atoms with Crippen molar-refractivity contribution in [3.8, 4) is 0 Å². The molecule has 23 heavy (non-hydrogen) atoms. The van der Waals surface area contributed by atoms with Gasteiger partial charge in [-0.3, -0.25) is 0 Å². The number of rotatable bonds is 4. The Labute approximate surface area is 146 Å². The molecule has 0 aromatic heterocycles. The van der Waals surface area contributed by atoms with Crippen LogP contribution in [0.1, 0.15) is 41.5 Å². The van der Waals surface area contributed by atoms with E-state index in [2.05, 4.69) is 21.2 Å². The van der Waals surface area contributed by atoms with Gasteiger partial charge in [0.1, 0.15) is 11.4 Å². The van der Waals surface area contributed by atoms with E-state index in [-0.39, 0.29) is 17.4 Å². The number of anilines is 1. The van der Waals surface area contributed by atoms with Crippen molar-refractivity contribution in [2.45, 2.75) is 52.7 Å². The fraction of sp³-hybridized carbons (Fsp3) is 0.588. The first-order chi connectivity index (χ1) is 10.4. The quantitative estimate of drug-likeness (QED) is 0.785. The average Bonchev–Trinajstić information content (AvgIpc) is 2.34. The van der Waals surface area contributed by atoms with Crippen molar-refractivity contribution < 1.29 is 13.9 Å². The molecule has 0 bridgehead atoms. The molecule has 0 aliphatic heterocycles. The predicted molar refractivity (Wildman–Crippen MR) is 95.3 cm³/mol. The molecule has 0 saturated heterocycles. The van der Waals surface area contributed by atoms with E-state index in [9.17, 15) is 9.18 Å². The van der Waals surface area contributed by atoms with Crippen molar-refractivity contribution in [3.05, 3.63) is 28.5 Å². The van der Waals surface area contributed by atoms with Gasteiger partial charge < -0.3 is 15.0 Å². The highest BCUT2D eigenvalue weighted by molar-refractivity contribution is 9.10. The van der Waals surface area contributed by atoms with Gasteiger partial charge in [-0.15, -0.1) is 0 Å². The fourth-order valence-electron chi connectivity index (χ4n) is 1.95. The van der Waals surface area contributed by atoms with Gasteiger partial charge in [0, 0.05) is 23.1 Å². The molecule has 1 amide bonds. The summed E-state index contributed by atoms with van der Waals surface area (Å²) in [7, 11) is 0. The highest BCUT2D eigenvalue weighted by Gasteiger charge is 2.30. The number of nitrogens with one attached hydrogen (secondary N) is 1. The average molecular weight is 389 g/mol. The lowest BCUT2D eigenvalue weighted by Crippen LogP contribution is -2.49. The Bertz CT molecular complexity index is 551. The van der Waals surface area contributed by atoms with Crippen LogP contribution in [0.3, 0.4) is 0 Å². The van der Waals surface area contributed by atoms with Crippen LogP contribution in [-0.4, -0.2) is 35.2 Å². The molecule has 0 heterocycles. The molecule has 1 rings (SSSR count). The lowest BCUT2D eigenvalue weighted by Gasteiger charge is -2.37. The molecule has 4 nitrogen and oxygen atoms in total. The molecule has 0 fully saturated rings. The number of halogens is 2. The van der Waals surface area contributed by atoms with E-state index >= 15 is 0 Å². The molecular weight excluding hydrogens is 363 g/mol. The maximum absolute atomic E-state index is 13.7. The molecule has 0 unspecified atom stereocenters. The Hall–Kier alpha value is -1.30. The van der Waals surface area contributed by atoms with E-state index < -0.39 is 5.60 Å². The fourth-order valence-corrected chi connectivity index (χ4v) is 2.31. The van der Waals surface area contributed by atoms with Crippen molar-refractivity contribution in [3.63, 3.8) is 0 Å². The van der Waals surface area contributed by atoms with Crippen LogP contribution >= 0.6 is 15.9 Å². The maximum Gasteiger partial charge on any atom is 0.410 e. The van der Waals surface area contributed by atoms with Gasteiger partial charge >= 0.3 is 6.09 Å². The van der Waals surface area contributed by atoms with Crippen LogP contribution in [0.25, 0.3) is 0 Å². The zero-order chi connectivity index (χ0) is 17.8. The summed E-state index contributed by atoms with van der Waals surface area (Å²) >= 11 is 3.31. The van der Waals surface area contributed by atoms with E-state index in [1.807, 2.05) is 41.5 Å². The summed E-state index contributed by atoms with van der Waals surface area (Å²) in [6.45, 7) is 12.2. The van der Waals surface area contributed by atoms with Gasteiger partial charge in [0.25, 0.3) is 0 Å². The van der Waals surface area contributed by atoms with Crippen molar-refractivity contribution in [1.29, 1.82) is 0 Å². The second-order valence-corrected chi connectivity index (χ2v) is 8.27. The van der Waals surface area contributed by atoms with Crippen LogP contribution in [0, 0.1) is 5.82 Å². The third kappa shape index (κ3) is 6.77. The number of hydrogen-bond acceptors (Lipinski definition) is 3. The topological polar surface area (TPSA) is 41.6 Å². The maximum atomic E-state index is 13.7. The number of nitrogens with zero attached hydrogens (tertiary/aromatic N) is 1. The van der Waals surface area contributed by atoms with Crippen LogP contribution < -0.4 is 5.32 Å². The monoisotopic (exact) mass is 388 g/mol. The molecule has 130 valence electrons. The molecule has 0 atom stereocenters. The summed E-state index contributed by atoms with van der Waals surface area (Å²) in [5, 5.41) is 3.02. The number of hydrogen-bond donors (Lipinski definition) is 1. The van der Waals surface area contributed by atoms with Crippen molar-refractivity contribution in [1.82, 2.24) is 4.90 Å². The Morgan fingerprint density at radius 3 is 2.39 bits per heavy atom. The normalized spacial score (nSPS) is 12.0. The number of ether oxygens (including phenoxy) is 1. The van der Waals surface area contributed by atoms with E-state index in [0.29, 0.717) is 18.8 Å². The van der Waals surface area contributed by atoms with E-state index in [0.717, 1.165) is 4.47 Å². The van der Waals surface area contributed by atoms with Crippen molar-refractivity contribution in [2.24, 2.45) is 0 Å². The molecule has 0 radical (unpaired) electrons. The Morgan fingerprint density at radius 1 is 1.26 bits per heavy atom. The van der Waals surface area contributed by atoms with E-state index in [1.165, 1.54) is 6.07 Å². The summed E-state index contributed by atoms with van der Waals surface area (Å²) < 4.78 is 20.0. The summed E-state index contributed by atoms with van der Waals surface area (Å²) in [6, 6.07) is 4.70. The van der Waals surface area contributed by atoms with Crippen molar-refractivity contribution >= 4 is 27.7 Å². The lowest BCUT2D eigenvalue weighted by atomic mass is 10.1. The van der Waals surface area contributed by atoms with Crippen LogP contribution in [0.15, 0.2) is 22.7 Å². The molecule has 6 heteroatoms. The Morgan fingerprint density at radius 2 is 1.87 bits per heavy atom. The van der Waals surface area contributed by atoms with Crippen LogP contribution in [0.4, 0.5) is 14.9 Å². The standard InChI is InChI=1S/C17H26BrFN2O2/c1-16(2,3)21(15(22)23-17(4,5)6)10-9-20-14-11-12(18)7-8-13(14)19/h7-8,11,20H,9-10H2,1-6H3. The van der Waals surface area contributed by atoms with Gasteiger partial charge in [-0.2, -0.15) is 0 Å². The minimum absolute atomic E-state index is 0.326. The Balaban J connectivity index is 2.72. The SMILES string of the molecule is CC(C)(C)OC(=O)N(CCNc1cc(Br)ccc1F)C(C)(C)C. The largest absolute Gasteiger partial charge is 0.444 e. The summed E-state index contributed by atoms with van der Waals surface area (Å²) in [5.41, 5.74) is -0.540. The van der Waals surface area contributed by atoms with E-state index in [1.54, 1.807) is 17.0 Å². The van der Waals surface area contributed by atoms with Gasteiger partial charge in [0.05, 0.1) is 5.69 Å².